The minimum absolute atomic E-state index is 0.0763. The minimum Gasteiger partial charge on any atom is -0.481 e. The quantitative estimate of drug-likeness (QED) is 0.861. The molecule has 0 bridgehead atoms. The fourth-order valence-electron chi connectivity index (χ4n) is 1.05. The molecule has 0 saturated heterocycles. The molecule has 0 aliphatic heterocycles. The second-order valence-corrected chi connectivity index (χ2v) is 3.99. The van der Waals surface area contributed by atoms with Crippen LogP contribution in [0.5, 0.6) is 5.88 Å². The lowest BCUT2D eigenvalue weighted by molar-refractivity contribution is 0.102. The Balaban J connectivity index is 2.18. The van der Waals surface area contributed by atoms with Gasteiger partial charge in [-0.2, -0.15) is 4.98 Å². The molecule has 8 heteroatoms. The number of hydrogen-bond acceptors (Lipinski definition) is 6. The summed E-state index contributed by atoms with van der Waals surface area (Å²) >= 11 is 7.07. The topological polar surface area (TPSA) is 77.0 Å². The summed E-state index contributed by atoms with van der Waals surface area (Å²) in [6.45, 7) is 0. The van der Waals surface area contributed by atoms with Crippen LogP contribution in [0.1, 0.15) is 10.5 Å². The van der Waals surface area contributed by atoms with Crippen LogP contribution in [-0.4, -0.2) is 28.0 Å². The molecule has 2 aromatic heterocycles. The number of amides is 1. The number of methoxy groups -OCH3 is 1. The summed E-state index contributed by atoms with van der Waals surface area (Å²) in [4.78, 5) is 23.3. The molecule has 2 heterocycles. The fourth-order valence-corrected chi connectivity index (χ4v) is 1.75. The first-order valence-corrected chi connectivity index (χ1v) is 5.79. The number of rotatable bonds is 3. The van der Waals surface area contributed by atoms with Crippen LogP contribution < -0.4 is 10.1 Å². The number of carbonyl (C=O) groups excluding carboxylic acids is 1. The van der Waals surface area contributed by atoms with Gasteiger partial charge in [-0.1, -0.05) is 11.6 Å². The molecule has 1 N–H and O–H groups in total. The predicted molar refractivity (Wildman–Crippen MR) is 63.7 cm³/mol. The Labute approximate surface area is 106 Å². The zero-order valence-corrected chi connectivity index (χ0v) is 10.2. The van der Waals surface area contributed by atoms with Gasteiger partial charge in [0.25, 0.3) is 5.91 Å². The summed E-state index contributed by atoms with van der Waals surface area (Å²) in [6, 6.07) is 1.44. The van der Waals surface area contributed by atoms with Gasteiger partial charge in [-0.15, -0.1) is 11.3 Å². The van der Waals surface area contributed by atoms with Crippen LogP contribution in [-0.2, 0) is 0 Å². The number of halogens is 1. The number of aromatic nitrogens is 3. The van der Waals surface area contributed by atoms with Gasteiger partial charge >= 0.3 is 0 Å². The van der Waals surface area contributed by atoms with Gasteiger partial charge < -0.3 is 4.74 Å². The molecular weight excluding hydrogens is 264 g/mol. The van der Waals surface area contributed by atoms with E-state index < -0.39 is 5.91 Å². The number of carbonyl (C=O) groups is 1. The Morgan fingerprint density at radius 2 is 2.35 bits per heavy atom. The molecule has 0 fully saturated rings. The van der Waals surface area contributed by atoms with E-state index in [2.05, 4.69) is 20.3 Å². The molecule has 0 aliphatic carbocycles. The van der Waals surface area contributed by atoms with Gasteiger partial charge in [0.05, 0.1) is 12.6 Å². The van der Waals surface area contributed by atoms with Crippen LogP contribution in [0.3, 0.4) is 0 Å². The Morgan fingerprint density at radius 3 is 3.00 bits per heavy atom. The SMILES string of the molecule is COc1cc(Cl)nc(NC(=O)c2cscn2)n1. The summed E-state index contributed by atoms with van der Waals surface area (Å²) in [5.74, 6) is -0.0403. The van der Waals surface area contributed by atoms with Crippen molar-refractivity contribution in [2.24, 2.45) is 0 Å². The van der Waals surface area contributed by atoms with Crippen LogP contribution in [0.25, 0.3) is 0 Å². The molecule has 1 amide bonds. The third kappa shape index (κ3) is 2.89. The monoisotopic (exact) mass is 270 g/mol. The number of anilines is 1. The Kier molecular flexibility index (Phi) is 3.50. The van der Waals surface area contributed by atoms with E-state index in [4.69, 9.17) is 16.3 Å². The van der Waals surface area contributed by atoms with Gasteiger partial charge in [0.15, 0.2) is 0 Å². The molecular formula is C9H7ClN4O2S. The molecule has 6 nitrogen and oxygen atoms in total. The van der Waals surface area contributed by atoms with E-state index in [-0.39, 0.29) is 17.0 Å². The molecule has 0 aliphatic rings. The highest BCUT2D eigenvalue weighted by atomic mass is 35.5. The highest BCUT2D eigenvalue weighted by Crippen LogP contribution is 2.16. The smallest absolute Gasteiger partial charge is 0.277 e. The van der Waals surface area contributed by atoms with Gasteiger partial charge in [0.1, 0.15) is 10.8 Å². The van der Waals surface area contributed by atoms with E-state index in [0.29, 0.717) is 5.69 Å². The molecule has 88 valence electrons. The second-order valence-electron chi connectivity index (χ2n) is 2.88. The van der Waals surface area contributed by atoms with E-state index >= 15 is 0 Å². The lowest BCUT2D eigenvalue weighted by atomic mass is 10.4. The summed E-state index contributed by atoms with van der Waals surface area (Å²) < 4.78 is 4.91. The van der Waals surface area contributed by atoms with Crippen molar-refractivity contribution in [3.05, 3.63) is 27.8 Å². The standard InChI is InChI=1S/C9H7ClN4O2S/c1-16-7-2-6(10)12-9(13-7)14-8(15)5-3-17-4-11-5/h2-4H,1H3,(H,12,13,14,15). The van der Waals surface area contributed by atoms with Crippen molar-refractivity contribution in [1.82, 2.24) is 15.0 Å². The predicted octanol–water partition coefficient (Wildman–Crippen LogP) is 1.85. The Morgan fingerprint density at radius 1 is 1.53 bits per heavy atom. The summed E-state index contributed by atoms with van der Waals surface area (Å²) in [6.07, 6.45) is 0. The largest absolute Gasteiger partial charge is 0.481 e. The normalized spacial score (nSPS) is 10.0. The lowest BCUT2D eigenvalue weighted by Crippen LogP contribution is -2.14. The van der Waals surface area contributed by atoms with Gasteiger partial charge in [0.2, 0.25) is 11.8 Å². The van der Waals surface area contributed by atoms with E-state index in [1.165, 1.54) is 24.5 Å². The van der Waals surface area contributed by atoms with Crippen LogP contribution in [0.4, 0.5) is 5.95 Å². The van der Waals surface area contributed by atoms with Gasteiger partial charge in [-0.25, -0.2) is 9.97 Å². The van der Waals surface area contributed by atoms with Gasteiger partial charge in [-0.05, 0) is 0 Å². The van der Waals surface area contributed by atoms with Crippen molar-refractivity contribution in [3.63, 3.8) is 0 Å². The minimum atomic E-state index is -0.393. The number of hydrogen-bond donors (Lipinski definition) is 1. The van der Waals surface area contributed by atoms with Gasteiger partial charge in [-0.3, -0.25) is 10.1 Å². The average Bonchev–Trinajstić information content (AvgIpc) is 2.81. The maximum Gasteiger partial charge on any atom is 0.277 e. The molecule has 2 rings (SSSR count). The molecule has 0 saturated carbocycles. The van der Waals surface area contributed by atoms with E-state index in [1.54, 1.807) is 10.9 Å². The Hall–Kier alpha value is -1.73. The van der Waals surface area contributed by atoms with Crippen molar-refractivity contribution in [3.8, 4) is 5.88 Å². The number of thiazole rings is 1. The summed E-state index contributed by atoms with van der Waals surface area (Å²) in [5, 5.41) is 4.29. The summed E-state index contributed by atoms with van der Waals surface area (Å²) in [7, 11) is 1.45. The Bertz CT molecular complexity index is 532. The molecule has 0 unspecified atom stereocenters. The van der Waals surface area contributed by atoms with Crippen molar-refractivity contribution < 1.29 is 9.53 Å². The van der Waals surface area contributed by atoms with Gasteiger partial charge in [0, 0.05) is 11.4 Å². The third-order valence-corrected chi connectivity index (χ3v) is 2.55. The van der Waals surface area contributed by atoms with Crippen LogP contribution in [0.15, 0.2) is 17.0 Å². The van der Waals surface area contributed by atoms with E-state index in [0.717, 1.165) is 0 Å². The van der Waals surface area contributed by atoms with E-state index in [9.17, 15) is 4.79 Å². The number of nitrogens with one attached hydrogen (secondary N) is 1. The second kappa shape index (κ2) is 5.07. The molecule has 0 atom stereocenters. The van der Waals surface area contributed by atoms with Crippen molar-refractivity contribution in [1.29, 1.82) is 0 Å². The first-order chi connectivity index (χ1) is 8.19. The van der Waals surface area contributed by atoms with Crippen LogP contribution in [0, 0.1) is 0 Å². The molecule has 2 aromatic rings. The first-order valence-electron chi connectivity index (χ1n) is 4.47. The van der Waals surface area contributed by atoms with Crippen molar-refractivity contribution in [2.45, 2.75) is 0 Å². The third-order valence-electron chi connectivity index (χ3n) is 1.77. The molecule has 0 spiro atoms. The number of ether oxygens (including phenoxy) is 1. The molecule has 0 aromatic carbocycles. The molecule has 17 heavy (non-hydrogen) atoms. The summed E-state index contributed by atoms with van der Waals surface area (Å²) in [5.41, 5.74) is 1.87. The first kappa shape index (κ1) is 11.7. The lowest BCUT2D eigenvalue weighted by Gasteiger charge is -2.04. The van der Waals surface area contributed by atoms with Crippen LogP contribution in [0.2, 0.25) is 5.15 Å². The van der Waals surface area contributed by atoms with Crippen molar-refractivity contribution in [2.75, 3.05) is 12.4 Å². The van der Waals surface area contributed by atoms with Crippen molar-refractivity contribution >= 4 is 34.8 Å². The van der Waals surface area contributed by atoms with E-state index in [1.807, 2.05) is 0 Å². The highest BCUT2D eigenvalue weighted by Gasteiger charge is 2.11. The maximum absolute atomic E-state index is 11.7. The maximum atomic E-state index is 11.7. The fraction of sp³-hybridized carbons (Fsp3) is 0.111. The van der Waals surface area contributed by atoms with Crippen LogP contribution >= 0.6 is 22.9 Å². The zero-order valence-electron chi connectivity index (χ0n) is 8.68. The zero-order chi connectivity index (χ0) is 12.3. The molecule has 0 radical (unpaired) electrons. The number of nitrogens with zero attached hydrogens (tertiary/aromatic N) is 3. The average molecular weight is 271 g/mol. The highest BCUT2D eigenvalue weighted by molar-refractivity contribution is 7.07.